The van der Waals surface area contributed by atoms with Crippen LogP contribution in [0.2, 0.25) is 5.15 Å². The van der Waals surface area contributed by atoms with Crippen LogP contribution in [0.4, 0.5) is 10.1 Å². The number of halogens is 2. The molecule has 0 aliphatic rings. The molecule has 0 radical (unpaired) electrons. The van der Waals surface area contributed by atoms with Crippen LogP contribution in [-0.2, 0) is 0 Å². The number of anilines is 1. The summed E-state index contributed by atoms with van der Waals surface area (Å²) in [5.74, 6) is -0.328. The third-order valence-electron chi connectivity index (χ3n) is 1.90. The van der Waals surface area contributed by atoms with Gasteiger partial charge in [0, 0.05) is 0 Å². The molecule has 16 heavy (non-hydrogen) atoms. The topological polar surface area (TPSA) is 48.1 Å². The van der Waals surface area contributed by atoms with Gasteiger partial charge in [0.15, 0.2) is 11.6 Å². The summed E-state index contributed by atoms with van der Waals surface area (Å²) in [6, 6.07) is 9.07. The molecule has 0 spiro atoms. The van der Waals surface area contributed by atoms with Crippen molar-refractivity contribution in [2.75, 3.05) is 5.73 Å². The number of rotatable bonds is 2. The van der Waals surface area contributed by atoms with Gasteiger partial charge in [-0.25, -0.2) is 4.39 Å². The summed E-state index contributed by atoms with van der Waals surface area (Å²) in [7, 11) is 0. The SMILES string of the molecule is Nc1ccc(Cl)nc1Oc1ccccc1F. The number of nitrogen functional groups attached to an aromatic ring is 1. The maximum atomic E-state index is 13.3. The normalized spacial score (nSPS) is 10.1. The highest BCUT2D eigenvalue weighted by atomic mass is 35.5. The molecule has 1 heterocycles. The second kappa shape index (κ2) is 4.37. The zero-order valence-electron chi connectivity index (χ0n) is 8.15. The van der Waals surface area contributed by atoms with Gasteiger partial charge >= 0.3 is 0 Å². The van der Waals surface area contributed by atoms with Crippen molar-refractivity contribution in [2.45, 2.75) is 0 Å². The Morgan fingerprint density at radius 1 is 1.19 bits per heavy atom. The molecule has 0 fully saturated rings. The first-order valence-electron chi connectivity index (χ1n) is 4.51. The van der Waals surface area contributed by atoms with Crippen molar-refractivity contribution in [3.05, 3.63) is 47.4 Å². The molecule has 0 aliphatic carbocycles. The van der Waals surface area contributed by atoms with Crippen molar-refractivity contribution in [2.24, 2.45) is 0 Å². The highest BCUT2D eigenvalue weighted by molar-refractivity contribution is 6.29. The van der Waals surface area contributed by atoms with E-state index in [0.29, 0.717) is 5.69 Å². The molecular weight excluding hydrogens is 231 g/mol. The van der Waals surface area contributed by atoms with E-state index in [4.69, 9.17) is 22.1 Å². The van der Waals surface area contributed by atoms with Crippen LogP contribution >= 0.6 is 11.6 Å². The molecule has 0 unspecified atom stereocenters. The lowest BCUT2D eigenvalue weighted by Crippen LogP contribution is -1.96. The fourth-order valence-electron chi connectivity index (χ4n) is 1.14. The van der Waals surface area contributed by atoms with Gasteiger partial charge in [-0.15, -0.1) is 0 Å². The molecule has 0 amide bonds. The van der Waals surface area contributed by atoms with Crippen molar-refractivity contribution in [1.82, 2.24) is 4.98 Å². The minimum absolute atomic E-state index is 0.0592. The predicted octanol–water partition coefficient (Wildman–Crippen LogP) is 3.25. The molecule has 1 aromatic heterocycles. The van der Waals surface area contributed by atoms with E-state index in [0.717, 1.165) is 0 Å². The maximum absolute atomic E-state index is 13.3. The van der Waals surface area contributed by atoms with Gasteiger partial charge in [-0.05, 0) is 24.3 Å². The Kier molecular flexibility index (Phi) is 2.92. The number of nitrogens with zero attached hydrogens (tertiary/aromatic N) is 1. The molecule has 0 atom stereocenters. The fraction of sp³-hybridized carbons (Fsp3) is 0. The summed E-state index contributed by atoms with van der Waals surface area (Å²) in [6.07, 6.45) is 0. The van der Waals surface area contributed by atoms with Crippen molar-refractivity contribution in [3.63, 3.8) is 0 Å². The van der Waals surface area contributed by atoms with Crippen LogP contribution in [0.5, 0.6) is 11.6 Å². The zero-order chi connectivity index (χ0) is 11.5. The second-order valence-corrected chi connectivity index (χ2v) is 3.45. The van der Waals surface area contributed by atoms with E-state index in [2.05, 4.69) is 4.98 Å². The number of ether oxygens (including phenoxy) is 1. The van der Waals surface area contributed by atoms with Crippen LogP contribution in [0, 0.1) is 5.82 Å². The molecule has 2 aromatic rings. The standard InChI is InChI=1S/C11H8ClFN2O/c12-10-6-5-8(14)11(15-10)16-9-4-2-1-3-7(9)13/h1-6H,14H2. The third-order valence-corrected chi connectivity index (χ3v) is 2.11. The van der Waals surface area contributed by atoms with E-state index in [1.165, 1.54) is 18.2 Å². The van der Waals surface area contributed by atoms with E-state index < -0.39 is 5.82 Å². The number of benzene rings is 1. The number of hydrogen-bond donors (Lipinski definition) is 1. The molecule has 2 rings (SSSR count). The first-order valence-corrected chi connectivity index (χ1v) is 4.89. The Balaban J connectivity index is 2.34. The minimum Gasteiger partial charge on any atom is -0.434 e. The third kappa shape index (κ3) is 2.23. The average molecular weight is 239 g/mol. The molecular formula is C11H8ClFN2O. The summed E-state index contributed by atoms with van der Waals surface area (Å²) >= 11 is 5.68. The average Bonchev–Trinajstić information content (AvgIpc) is 2.27. The Hall–Kier alpha value is -1.81. The molecule has 0 bridgehead atoms. The van der Waals surface area contributed by atoms with E-state index in [1.807, 2.05) is 0 Å². The molecule has 0 saturated heterocycles. The Bertz CT molecular complexity index is 519. The monoisotopic (exact) mass is 238 g/mol. The molecule has 1 aromatic carbocycles. The van der Waals surface area contributed by atoms with Crippen molar-refractivity contribution in [1.29, 1.82) is 0 Å². The summed E-state index contributed by atoms with van der Waals surface area (Å²) in [5, 5.41) is 0.237. The Labute approximate surface area is 96.6 Å². The largest absolute Gasteiger partial charge is 0.434 e. The minimum atomic E-state index is -0.483. The lowest BCUT2D eigenvalue weighted by Gasteiger charge is -2.07. The number of para-hydroxylation sites is 1. The van der Waals surface area contributed by atoms with E-state index in [1.54, 1.807) is 18.2 Å². The van der Waals surface area contributed by atoms with Crippen LogP contribution in [-0.4, -0.2) is 4.98 Å². The van der Waals surface area contributed by atoms with E-state index in [9.17, 15) is 4.39 Å². The van der Waals surface area contributed by atoms with Gasteiger partial charge in [0.25, 0.3) is 0 Å². The van der Waals surface area contributed by atoms with Gasteiger partial charge in [-0.3, -0.25) is 0 Å². The smallest absolute Gasteiger partial charge is 0.244 e. The molecule has 82 valence electrons. The van der Waals surface area contributed by atoms with Crippen LogP contribution < -0.4 is 10.5 Å². The molecule has 2 N–H and O–H groups in total. The van der Waals surface area contributed by atoms with Crippen LogP contribution in [0.3, 0.4) is 0 Å². The van der Waals surface area contributed by atoms with Gasteiger partial charge < -0.3 is 10.5 Å². The Morgan fingerprint density at radius 3 is 2.69 bits per heavy atom. The van der Waals surface area contributed by atoms with E-state index in [-0.39, 0.29) is 16.8 Å². The molecule has 0 saturated carbocycles. The zero-order valence-corrected chi connectivity index (χ0v) is 8.91. The lowest BCUT2D eigenvalue weighted by atomic mass is 10.3. The predicted molar refractivity (Wildman–Crippen MR) is 60.1 cm³/mol. The quantitative estimate of drug-likeness (QED) is 0.817. The Morgan fingerprint density at radius 2 is 1.94 bits per heavy atom. The van der Waals surface area contributed by atoms with Crippen molar-refractivity contribution in [3.8, 4) is 11.6 Å². The molecule has 5 heteroatoms. The van der Waals surface area contributed by atoms with Gasteiger partial charge in [-0.1, -0.05) is 23.7 Å². The fourth-order valence-corrected chi connectivity index (χ4v) is 1.28. The maximum Gasteiger partial charge on any atom is 0.244 e. The lowest BCUT2D eigenvalue weighted by molar-refractivity contribution is 0.429. The number of nitrogens with two attached hydrogens (primary N) is 1. The van der Waals surface area contributed by atoms with Crippen LogP contribution in [0.15, 0.2) is 36.4 Å². The number of hydrogen-bond acceptors (Lipinski definition) is 3. The summed E-state index contributed by atoms with van der Waals surface area (Å²) in [4.78, 5) is 3.86. The highest BCUT2D eigenvalue weighted by Crippen LogP contribution is 2.28. The first-order chi connectivity index (χ1) is 7.66. The van der Waals surface area contributed by atoms with Crippen LogP contribution in [0.25, 0.3) is 0 Å². The van der Waals surface area contributed by atoms with Crippen molar-refractivity contribution >= 4 is 17.3 Å². The van der Waals surface area contributed by atoms with Gasteiger partial charge in [0.05, 0.1) is 5.69 Å². The number of pyridine rings is 1. The van der Waals surface area contributed by atoms with Crippen molar-refractivity contribution < 1.29 is 9.13 Å². The first kappa shape index (κ1) is 10.7. The van der Waals surface area contributed by atoms with Gasteiger partial charge in [0.2, 0.25) is 5.88 Å². The van der Waals surface area contributed by atoms with Gasteiger partial charge in [-0.2, -0.15) is 4.98 Å². The van der Waals surface area contributed by atoms with E-state index >= 15 is 0 Å². The summed E-state index contributed by atoms with van der Waals surface area (Å²) in [5.41, 5.74) is 5.92. The second-order valence-electron chi connectivity index (χ2n) is 3.06. The highest BCUT2D eigenvalue weighted by Gasteiger charge is 2.08. The van der Waals surface area contributed by atoms with Crippen LogP contribution in [0.1, 0.15) is 0 Å². The number of aromatic nitrogens is 1. The van der Waals surface area contributed by atoms with Gasteiger partial charge in [0.1, 0.15) is 5.15 Å². The molecule has 3 nitrogen and oxygen atoms in total. The summed E-state index contributed by atoms with van der Waals surface area (Å²) in [6.45, 7) is 0. The molecule has 0 aliphatic heterocycles. The summed E-state index contributed by atoms with van der Waals surface area (Å²) < 4.78 is 18.5.